The summed E-state index contributed by atoms with van der Waals surface area (Å²) >= 11 is 0. The van der Waals surface area contributed by atoms with E-state index in [9.17, 15) is 0 Å². The molecule has 2 atom stereocenters. The van der Waals surface area contributed by atoms with Crippen molar-refractivity contribution in [2.24, 2.45) is 5.73 Å². The highest BCUT2D eigenvalue weighted by Crippen LogP contribution is 2.28. The Kier molecular flexibility index (Phi) is 4.78. The first kappa shape index (κ1) is 13.6. The van der Waals surface area contributed by atoms with Crippen molar-refractivity contribution in [3.63, 3.8) is 0 Å². The first-order valence-corrected chi connectivity index (χ1v) is 7.28. The van der Waals surface area contributed by atoms with Crippen LogP contribution in [0, 0.1) is 0 Å². The van der Waals surface area contributed by atoms with Gasteiger partial charge in [0.2, 0.25) is 0 Å². The molecule has 4 nitrogen and oxygen atoms in total. The van der Waals surface area contributed by atoms with E-state index in [0.29, 0.717) is 6.04 Å². The maximum absolute atomic E-state index is 6.38. The van der Waals surface area contributed by atoms with Crippen LogP contribution in [0.25, 0.3) is 0 Å². The standard InChI is InChI=1S/C14H26N4/c1-3-8-18-11-12(10-16-18)14-13(15)7-5-6-9-17(14)4-2/h10-11,13-14H,3-9,15H2,1-2H3. The van der Waals surface area contributed by atoms with Gasteiger partial charge in [-0.05, 0) is 32.4 Å². The number of nitrogens with zero attached hydrogens (tertiary/aromatic N) is 3. The third kappa shape index (κ3) is 2.93. The average Bonchev–Trinajstić information content (AvgIpc) is 2.73. The Morgan fingerprint density at radius 3 is 2.94 bits per heavy atom. The molecule has 0 radical (unpaired) electrons. The Morgan fingerprint density at radius 2 is 2.22 bits per heavy atom. The summed E-state index contributed by atoms with van der Waals surface area (Å²) in [6.07, 6.45) is 8.95. The second kappa shape index (κ2) is 6.34. The van der Waals surface area contributed by atoms with Gasteiger partial charge in [-0.15, -0.1) is 0 Å². The van der Waals surface area contributed by atoms with Crippen molar-refractivity contribution in [3.05, 3.63) is 18.0 Å². The van der Waals surface area contributed by atoms with Crippen molar-refractivity contribution in [1.29, 1.82) is 0 Å². The number of nitrogens with two attached hydrogens (primary N) is 1. The normalized spacial score (nSPS) is 26.2. The largest absolute Gasteiger partial charge is 0.326 e. The lowest BCUT2D eigenvalue weighted by Gasteiger charge is -2.31. The molecule has 4 heteroatoms. The quantitative estimate of drug-likeness (QED) is 0.891. The highest BCUT2D eigenvalue weighted by molar-refractivity contribution is 5.14. The molecule has 1 fully saturated rings. The summed E-state index contributed by atoms with van der Waals surface area (Å²) in [5, 5.41) is 4.45. The van der Waals surface area contributed by atoms with Gasteiger partial charge in [-0.1, -0.05) is 20.3 Å². The summed E-state index contributed by atoms with van der Waals surface area (Å²) < 4.78 is 2.04. The van der Waals surface area contributed by atoms with Gasteiger partial charge in [0.25, 0.3) is 0 Å². The van der Waals surface area contributed by atoms with Gasteiger partial charge in [-0.3, -0.25) is 9.58 Å². The summed E-state index contributed by atoms with van der Waals surface area (Å²) in [7, 11) is 0. The third-order valence-electron chi connectivity index (χ3n) is 3.89. The van der Waals surface area contributed by atoms with E-state index in [-0.39, 0.29) is 6.04 Å². The van der Waals surface area contributed by atoms with E-state index in [2.05, 4.69) is 30.0 Å². The van der Waals surface area contributed by atoms with Crippen LogP contribution in [0.4, 0.5) is 0 Å². The van der Waals surface area contributed by atoms with E-state index in [0.717, 1.165) is 32.5 Å². The minimum absolute atomic E-state index is 0.242. The molecule has 2 unspecified atom stereocenters. The van der Waals surface area contributed by atoms with Gasteiger partial charge in [0, 0.05) is 24.3 Å². The molecule has 1 aliphatic rings. The molecule has 2 N–H and O–H groups in total. The fourth-order valence-electron chi connectivity index (χ4n) is 2.96. The van der Waals surface area contributed by atoms with Crippen molar-refractivity contribution in [2.45, 2.75) is 58.2 Å². The molecule has 1 aromatic rings. The fourth-order valence-corrected chi connectivity index (χ4v) is 2.96. The highest BCUT2D eigenvalue weighted by Gasteiger charge is 2.28. The molecule has 0 amide bonds. The minimum atomic E-state index is 0.242. The van der Waals surface area contributed by atoms with Crippen molar-refractivity contribution in [3.8, 4) is 0 Å². The van der Waals surface area contributed by atoms with E-state index in [1.807, 2.05) is 10.9 Å². The van der Waals surface area contributed by atoms with Crippen LogP contribution in [0.3, 0.4) is 0 Å². The van der Waals surface area contributed by atoms with Crippen LogP contribution in [0.15, 0.2) is 12.4 Å². The lowest BCUT2D eigenvalue weighted by atomic mass is 9.99. The van der Waals surface area contributed by atoms with Gasteiger partial charge in [-0.25, -0.2) is 0 Å². The lowest BCUT2D eigenvalue weighted by molar-refractivity contribution is 0.195. The van der Waals surface area contributed by atoms with Crippen LogP contribution in [0.5, 0.6) is 0 Å². The molecule has 0 aromatic carbocycles. The van der Waals surface area contributed by atoms with Crippen molar-refractivity contribution in [2.75, 3.05) is 13.1 Å². The fraction of sp³-hybridized carbons (Fsp3) is 0.786. The Labute approximate surface area is 110 Å². The van der Waals surface area contributed by atoms with Crippen LogP contribution >= 0.6 is 0 Å². The Morgan fingerprint density at radius 1 is 1.39 bits per heavy atom. The van der Waals surface area contributed by atoms with Crippen LogP contribution < -0.4 is 5.73 Å². The molecule has 1 aromatic heterocycles. The topological polar surface area (TPSA) is 47.1 Å². The number of likely N-dealkylation sites (tertiary alicyclic amines) is 1. The number of hydrogen-bond acceptors (Lipinski definition) is 3. The second-order valence-electron chi connectivity index (χ2n) is 5.27. The van der Waals surface area contributed by atoms with Crippen molar-refractivity contribution in [1.82, 2.24) is 14.7 Å². The predicted molar refractivity (Wildman–Crippen MR) is 74.3 cm³/mol. The monoisotopic (exact) mass is 250 g/mol. The average molecular weight is 250 g/mol. The highest BCUT2D eigenvalue weighted by atomic mass is 15.3. The number of hydrogen-bond donors (Lipinski definition) is 1. The number of aromatic nitrogens is 2. The minimum Gasteiger partial charge on any atom is -0.326 e. The molecular weight excluding hydrogens is 224 g/mol. The zero-order valence-electron chi connectivity index (χ0n) is 11.7. The molecular formula is C14H26N4. The van der Waals surface area contributed by atoms with Gasteiger partial charge in [0.15, 0.2) is 0 Å². The first-order valence-electron chi connectivity index (χ1n) is 7.28. The summed E-state index contributed by atoms with van der Waals surface area (Å²) in [5.74, 6) is 0. The lowest BCUT2D eigenvalue weighted by Crippen LogP contribution is -2.39. The van der Waals surface area contributed by atoms with Gasteiger partial charge >= 0.3 is 0 Å². The molecule has 1 saturated heterocycles. The SMILES string of the molecule is CCCn1cc(C2C(N)CCCCN2CC)cn1. The van der Waals surface area contributed by atoms with E-state index >= 15 is 0 Å². The van der Waals surface area contributed by atoms with E-state index in [1.54, 1.807) is 0 Å². The molecule has 0 spiro atoms. The molecule has 1 aliphatic heterocycles. The number of aryl methyl sites for hydroxylation is 1. The van der Waals surface area contributed by atoms with Gasteiger partial charge in [0.05, 0.1) is 12.2 Å². The summed E-state index contributed by atoms with van der Waals surface area (Å²) in [6, 6.07) is 0.592. The second-order valence-corrected chi connectivity index (χ2v) is 5.27. The zero-order chi connectivity index (χ0) is 13.0. The Balaban J connectivity index is 2.19. The van der Waals surface area contributed by atoms with E-state index in [1.165, 1.54) is 18.4 Å². The van der Waals surface area contributed by atoms with Crippen LogP contribution in [-0.4, -0.2) is 33.8 Å². The zero-order valence-corrected chi connectivity index (χ0v) is 11.7. The Hall–Kier alpha value is -0.870. The van der Waals surface area contributed by atoms with Gasteiger partial charge in [-0.2, -0.15) is 5.10 Å². The molecule has 102 valence electrons. The summed E-state index contributed by atoms with van der Waals surface area (Å²) in [5.41, 5.74) is 7.67. The van der Waals surface area contributed by atoms with Crippen LogP contribution in [0.1, 0.15) is 51.1 Å². The summed E-state index contributed by atoms with van der Waals surface area (Å²) in [4.78, 5) is 2.50. The van der Waals surface area contributed by atoms with E-state index in [4.69, 9.17) is 5.73 Å². The Bertz CT molecular complexity index is 360. The molecule has 2 rings (SSSR count). The third-order valence-corrected chi connectivity index (χ3v) is 3.89. The van der Waals surface area contributed by atoms with Gasteiger partial charge < -0.3 is 5.73 Å². The van der Waals surface area contributed by atoms with Crippen molar-refractivity contribution >= 4 is 0 Å². The molecule has 18 heavy (non-hydrogen) atoms. The molecule has 0 saturated carbocycles. The maximum Gasteiger partial charge on any atom is 0.0538 e. The maximum atomic E-state index is 6.38. The molecule has 2 heterocycles. The first-order chi connectivity index (χ1) is 8.76. The van der Waals surface area contributed by atoms with Crippen LogP contribution in [-0.2, 0) is 6.54 Å². The number of rotatable bonds is 4. The van der Waals surface area contributed by atoms with E-state index < -0.39 is 0 Å². The smallest absolute Gasteiger partial charge is 0.0538 e. The molecule has 0 aliphatic carbocycles. The summed E-state index contributed by atoms with van der Waals surface area (Å²) in [6.45, 7) is 7.62. The van der Waals surface area contributed by atoms with Crippen molar-refractivity contribution < 1.29 is 0 Å². The predicted octanol–water partition coefficient (Wildman–Crippen LogP) is 2.17. The molecule has 0 bridgehead atoms. The number of likely N-dealkylation sites (N-methyl/N-ethyl adjacent to an activating group) is 1. The van der Waals surface area contributed by atoms with Crippen LogP contribution in [0.2, 0.25) is 0 Å². The van der Waals surface area contributed by atoms with Gasteiger partial charge in [0.1, 0.15) is 0 Å².